The molecule has 3 rings (SSSR count). The van der Waals surface area contributed by atoms with Crippen molar-refractivity contribution in [1.29, 1.82) is 0 Å². The lowest BCUT2D eigenvalue weighted by atomic mass is 9.65. The van der Waals surface area contributed by atoms with Crippen LogP contribution in [-0.4, -0.2) is 124 Å². The maximum Gasteiger partial charge on any atom is 0.472 e. The summed E-state index contributed by atoms with van der Waals surface area (Å²) in [6.45, 7) is -3.40. The Labute approximate surface area is 272 Å². The zero-order valence-electron chi connectivity index (χ0n) is 25.8. The maximum absolute atomic E-state index is 13.2. The molecule has 6 N–H and O–H groups in total. The standard InChI is InChI=1S/C31H42N3O12P/c35-27(36)17-32-15-16-33(19-28(37)38)18-25(34(20-29(39)40)21-30(41)42)22-45-47(43,44)46-26-11-13-31(14-12-26,23-7-3-1-4-8-23)24-9-5-2-6-10-24/h1-10,25-26,32H,11-22H2,(H,35,36)(H,37,38)(H,39,40)(H,41,42)(H,43,44). The average Bonchev–Trinajstić information content (AvgIpc) is 3.01. The molecule has 0 amide bonds. The Hall–Kier alpha value is -3.69. The molecule has 16 heteroatoms. The van der Waals surface area contributed by atoms with Crippen molar-refractivity contribution in [2.75, 3.05) is 52.4 Å². The summed E-state index contributed by atoms with van der Waals surface area (Å²) in [5.41, 5.74) is 1.92. The monoisotopic (exact) mass is 679 g/mol. The maximum atomic E-state index is 13.2. The first-order valence-corrected chi connectivity index (χ1v) is 16.6. The molecule has 0 aromatic heterocycles. The van der Waals surface area contributed by atoms with Crippen molar-refractivity contribution >= 4 is 31.7 Å². The van der Waals surface area contributed by atoms with Crippen LogP contribution in [0.15, 0.2) is 60.7 Å². The predicted octanol–water partition coefficient (Wildman–Crippen LogP) is 1.95. The Morgan fingerprint density at radius 3 is 1.81 bits per heavy atom. The van der Waals surface area contributed by atoms with E-state index in [1.807, 2.05) is 36.4 Å². The summed E-state index contributed by atoms with van der Waals surface area (Å²) >= 11 is 0. The van der Waals surface area contributed by atoms with E-state index < -0.39 is 70.1 Å². The zero-order chi connectivity index (χ0) is 34.5. The summed E-state index contributed by atoms with van der Waals surface area (Å²) in [6, 6.07) is 18.8. The number of carbonyl (C=O) groups is 4. The van der Waals surface area contributed by atoms with Crippen LogP contribution in [0.3, 0.4) is 0 Å². The molecule has 258 valence electrons. The smallest absolute Gasteiger partial charge is 0.472 e. The van der Waals surface area contributed by atoms with Crippen LogP contribution in [0.4, 0.5) is 0 Å². The molecule has 1 aliphatic rings. The normalized spacial score (nSPS) is 16.8. The molecule has 2 atom stereocenters. The Bertz CT molecular complexity index is 1310. The van der Waals surface area contributed by atoms with Gasteiger partial charge in [0.15, 0.2) is 0 Å². The topological polar surface area (TPSA) is 223 Å². The van der Waals surface area contributed by atoms with E-state index in [-0.39, 0.29) is 31.6 Å². The van der Waals surface area contributed by atoms with Crippen LogP contribution in [0, 0.1) is 0 Å². The number of nitrogens with one attached hydrogen (secondary N) is 1. The molecule has 1 aliphatic carbocycles. The fourth-order valence-corrected chi connectivity index (χ4v) is 6.95. The third-order valence-corrected chi connectivity index (χ3v) is 9.09. The Morgan fingerprint density at radius 1 is 0.830 bits per heavy atom. The van der Waals surface area contributed by atoms with Crippen molar-refractivity contribution in [3.05, 3.63) is 71.8 Å². The van der Waals surface area contributed by atoms with Crippen LogP contribution in [0.5, 0.6) is 0 Å². The van der Waals surface area contributed by atoms with Gasteiger partial charge in [-0.1, -0.05) is 60.7 Å². The van der Waals surface area contributed by atoms with Gasteiger partial charge in [0.2, 0.25) is 0 Å². The first kappa shape index (κ1) is 37.8. The summed E-state index contributed by atoms with van der Waals surface area (Å²) in [7, 11) is -4.75. The van der Waals surface area contributed by atoms with Gasteiger partial charge < -0.3 is 30.6 Å². The summed E-state index contributed by atoms with van der Waals surface area (Å²) in [6.07, 6.45) is 1.48. The Morgan fingerprint density at radius 2 is 1.34 bits per heavy atom. The van der Waals surface area contributed by atoms with Crippen LogP contribution < -0.4 is 5.32 Å². The van der Waals surface area contributed by atoms with E-state index in [1.54, 1.807) is 0 Å². The second kappa shape index (κ2) is 18.0. The van der Waals surface area contributed by atoms with Crippen molar-refractivity contribution in [3.8, 4) is 0 Å². The molecule has 0 aliphatic heterocycles. The highest BCUT2D eigenvalue weighted by molar-refractivity contribution is 7.47. The molecule has 0 heterocycles. The van der Waals surface area contributed by atoms with Gasteiger partial charge in [-0.2, -0.15) is 0 Å². The van der Waals surface area contributed by atoms with Crippen molar-refractivity contribution in [1.82, 2.24) is 15.1 Å². The zero-order valence-corrected chi connectivity index (χ0v) is 26.7. The van der Waals surface area contributed by atoms with Crippen LogP contribution in [0.1, 0.15) is 36.8 Å². The molecule has 1 saturated carbocycles. The summed E-state index contributed by atoms with van der Waals surface area (Å²) in [4.78, 5) is 58.5. The van der Waals surface area contributed by atoms with Gasteiger partial charge in [-0.25, -0.2) is 4.57 Å². The Balaban J connectivity index is 1.72. The van der Waals surface area contributed by atoms with Gasteiger partial charge in [-0.05, 0) is 36.8 Å². The van der Waals surface area contributed by atoms with E-state index >= 15 is 0 Å². The van der Waals surface area contributed by atoms with Crippen molar-refractivity contribution in [2.24, 2.45) is 0 Å². The minimum Gasteiger partial charge on any atom is -0.480 e. The average molecular weight is 680 g/mol. The van der Waals surface area contributed by atoms with E-state index in [2.05, 4.69) is 29.6 Å². The molecule has 0 radical (unpaired) electrons. The molecule has 2 aromatic carbocycles. The quantitative estimate of drug-likeness (QED) is 0.0819. The van der Waals surface area contributed by atoms with Gasteiger partial charge in [0.25, 0.3) is 0 Å². The minimum atomic E-state index is -4.75. The Kier molecular flexibility index (Phi) is 14.5. The van der Waals surface area contributed by atoms with Gasteiger partial charge in [-0.3, -0.25) is 38.0 Å². The number of nitrogens with zero attached hydrogens (tertiary/aromatic N) is 2. The molecule has 0 spiro atoms. The third kappa shape index (κ3) is 12.5. The molecular formula is C31H42N3O12P. The molecule has 0 bridgehead atoms. The fourth-order valence-electron chi connectivity index (χ4n) is 5.94. The molecule has 2 unspecified atom stereocenters. The fraction of sp³-hybridized carbons (Fsp3) is 0.484. The predicted molar refractivity (Wildman–Crippen MR) is 168 cm³/mol. The number of carboxylic acids is 4. The van der Waals surface area contributed by atoms with Crippen LogP contribution in [0.25, 0.3) is 0 Å². The first-order chi connectivity index (χ1) is 22.3. The second-order valence-electron chi connectivity index (χ2n) is 11.4. The van der Waals surface area contributed by atoms with E-state index in [0.29, 0.717) is 25.7 Å². The number of carboxylic acid groups (broad SMARTS) is 4. The molecule has 15 nitrogen and oxygen atoms in total. The first-order valence-electron chi connectivity index (χ1n) is 15.1. The number of phosphoric acid groups is 1. The SMILES string of the molecule is O=C(O)CNCCN(CC(=O)O)CC(COP(=O)(O)OC1CCC(c2ccccc2)(c2ccccc2)CC1)N(CC(=O)O)CC(=O)O. The minimum absolute atomic E-state index is 0.00992. The van der Waals surface area contributed by atoms with Crippen LogP contribution >= 0.6 is 7.82 Å². The number of phosphoric ester groups is 1. The van der Waals surface area contributed by atoms with Gasteiger partial charge in [0.1, 0.15) is 0 Å². The van der Waals surface area contributed by atoms with Crippen LogP contribution in [-0.2, 0) is 38.2 Å². The van der Waals surface area contributed by atoms with Crippen molar-refractivity contribution in [2.45, 2.75) is 43.2 Å². The van der Waals surface area contributed by atoms with E-state index in [9.17, 15) is 44.0 Å². The lowest BCUT2D eigenvalue weighted by Crippen LogP contribution is -2.52. The van der Waals surface area contributed by atoms with E-state index in [4.69, 9.17) is 14.2 Å². The van der Waals surface area contributed by atoms with Gasteiger partial charge in [0.05, 0.1) is 38.9 Å². The number of benzene rings is 2. The largest absolute Gasteiger partial charge is 0.480 e. The third-order valence-electron chi connectivity index (χ3n) is 8.05. The molecular weight excluding hydrogens is 637 g/mol. The second-order valence-corrected chi connectivity index (χ2v) is 12.8. The van der Waals surface area contributed by atoms with Gasteiger partial charge in [0, 0.05) is 31.1 Å². The summed E-state index contributed by atoms with van der Waals surface area (Å²) < 4.78 is 24.1. The molecule has 1 fully saturated rings. The molecule has 2 aromatic rings. The molecule has 0 saturated heterocycles. The van der Waals surface area contributed by atoms with E-state index in [1.165, 1.54) is 4.90 Å². The lowest BCUT2D eigenvalue weighted by Gasteiger charge is -2.41. The highest BCUT2D eigenvalue weighted by Crippen LogP contribution is 2.51. The van der Waals surface area contributed by atoms with Gasteiger partial charge in [-0.15, -0.1) is 0 Å². The number of aliphatic carboxylic acids is 4. The van der Waals surface area contributed by atoms with E-state index in [0.717, 1.165) is 16.0 Å². The van der Waals surface area contributed by atoms with Crippen LogP contribution in [0.2, 0.25) is 0 Å². The number of rotatable bonds is 21. The summed E-state index contributed by atoms with van der Waals surface area (Å²) in [5.74, 6) is -5.13. The highest BCUT2D eigenvalue weighted by atomic mass is 31.2. The van der Waals surface area contributed by atoms with Gasteiger partial charge >= 0.3 is 31.7 Å². The lowest BCUT2D eigenvalue weighted by molar-refractivity contribution is -0.144. The number of hydrogen-bond acceptors (Lipinski definition) is 10. The van der Waals surface area contributed by atoms with Crippen molar-refractivity contribution in [3.63, 3.8) is 0 Å². The highest BCUT2D eigenvalue weighted by Gasteiger charge is 2.41. The molecule has 47 heavy (non-hydrogen) atoms. The summed E-state index contributed by atoms with van der Waals surface area (Å²) in [5, 5.41) is 39.7. The van der Waals surface area contributed by atoms with Crippen molar-refractivity contribution < 1.29 is 58.1 Å². The number of hydrogen-bond donors (Lipinski definition) is 6.